The standard InChI is InChI=1S/C13H18N4/c1-3-9(2)8-11-12(13(14)17-16-11)10-4-6-15-7-5-10/h4-7,9H,3,8H2,1-2H3,(H3,14,16,17). The van der Waals surface area contributed by atoms with Crippen molar-refractivity contribution in [3.63, 3.8) is 0 Å². The van der Waals surface area contributed by atoms with Gasteiger partial charge in [0.25, 0.3) is 0 Å². The molecule has 2 rings (SSSR count). The van der Waals surface area contributed by atoms with Gasteiger partial charge in [0.2, 0.25) is 0 Å². The second-order valence-electron chi connectivity index (χ2n) is 4.42. The topological polar surface area (TPSA) is 67.6 Å². The van der Waals surface area contributed by atoms with Crippen molar-refractivity contribution in [2.24, 2.45) is 5.92 Å². The molecule has 0 bridgehead atoms. The highest BCUT2D eigenvalue weighted by Crippen LogP contribution is 2.29. The van der Waals surface area contributed by atoms with E-state index in [-0.39, 0.29) is 0 Å². The number of aromatic nitrogens is 3. The van der Waals surface area contributed by atoms with Crippen molar-refractivity contribution in [2.75, 3.05) is 5.73 Å². The minimum atomic E-state index is 0.564. The molecule has 3 N–H and O–H groups in total. The average molecular weight is 230 g/mol. The van der Waals surface area contributed by atoms with E-state index in [2.05, 4.69) is 29.0 Å². The Balaban J connectivity index is 2.36. The number of hydrogen-bond acceptors (Lipinski definition) is 3. The molecule has 0 amide bonds. The monoisotopic (exact) mass is 230 g/mol. The van der Waals surface area contributed by atoms with E-state index in [1.165, 1.54) is 0 Å². The molecule has 4 heteroatoms. The summed E-state index contributed by atoms with van der Waals surface area (Å²) in [7, 11) is 0. The normalized spacial score (nSPS) is 12.6. The number of nitrogens with two attached hydrogens (primary N) is 1. The van der Waals surface area contributed by atoms with Gasteiger partial charge >= 0.3 is 0 Å². The van der Waals surface area contributed by atoms with Crippen LogP contribution >= 0.6 is 0 Å². The second kappa shape index (κ2) is 4.99. The van der Waals surface area contributed by atoms with Crippen molar-refractivity contribution in [3.8, 4) is 11.1 Å². The van der Waals surface area contributed by atoms with Gasteiger partial charge in [-0.05, 0) is 30.0 Å². The zero-order valence-electron chi connectivity index (χ0n) is 10.3. The Morgan fingerprint density at radius 2 is 2.06 bits per heavy atom. The van der Waals surface area contributed by atoms with Gasteiger partial charge in [0.15, 0.2) is 5.82 Å². The fourth-order valence-corrected chi connectivity index (χ4v) is 1.88. The molecule has 0 saturated heterocycles. The second-order valence-corrected chi connectivity index (χ2v) is 4.42. The lowest BCUT2D eigenvalue weighted by atomic mass is 9.97. The molecule has 1 unspecified atom stereocenters. The van der Waals surface area contributed by atoms with E-state index < -0.39 is 0 Å². The van der Waals surface area contributed by atoms with E-state index in [9.17, 15) is 0 Å². The highest BCUT2D eigenvalue weighted by Gasteiger charge is 2.14. The third-order valence-corrected chi connectivity index (χ3v) is 3.09. The summed E-state index contributed by atoms with van der Waals surface area (Å²) >= 11 is 0. The van der Waals surface area contributed by atoms with Gasteiger partial charge in [-0.1, -0.05) is 20.3 Å². The van der Waals surface area contributed by atoms with E-state index in [0.717, 1.165) is 29.7 Å². The van der Waals surface area contributed by atoms with Gasteiger partial charge in [-0.3, -0.25) is 10.1 Å². The van der Waals surface area contributed by atoms with Gasteiger partial charge in [-0.2, -0.15) is 5.10 Å². The van der Waals surface area contributed by atoms with Gasteiger partial charge < -0.3 is 5.73 Å². The summed E-state index contributed by atoms with van der Waals surface area (Å²) in [6.45, 7) is 4.42. The summed E-state index contributed by atoms with van der Waals surface area (Å²) in [4.78, 5) is 4.02. The van der Waals surface area contributed by atoms with Gasteiger partial charge in [0.1, 0.15) is 0 Å². The molecule has 0 spiro atoms. The molecule has 90 valence electrons. The Morgan fingerprint density at radius 3 is 2.71 bits per heavy atom. The van der Waals surface area contributed by atoms with Crippen molar-refractivity contribution in [3.05, 3.63) is 30.2 Å². The number of aromatic amines is 1. The Kier molecular flexibility index (Phi) is 3.42. The van der Waals surface area contributed by atoms with Crippen LogP contribution in [-0.4, -0.2) is 15.2 Å². The molecular formula is C13H18N4. The van der Waals surface area contributed by atoms with Gasteiger partial charge in [-0.25, -0.2) is 0 Å². The molecule has 0 fully saturated rings. The summed E-state index contributed by atoms with van der Waals surface area (Å²) in [6.07, 6.45) is 5.66. The summed E-state index contributed by atoms with van der Waals surface area (Å²) < 4.78 is 0. The molecule has 0 aliphatic carbocycles. The smallest absolute Gasteiger partial charge is 0.153 e. The first-order valence-corrected chi connectivity index (χ1v) is 5.95. The first-order valence-electron chi connectivity index (χ1n) is 5.95. The van der Waals surface area contributed by atoms with Crippen molar-refractivity contribution < 1.29 is 0 Å². The number of nitrogens with one attached hydrogen (secondary N) is 1. The van der Waals surface area contributed by atoms with Crippen LogP contribution in [-0.2, 0) is 6.42 Å². The quantitative estimate of drug-likeness (QED) is 0.848. The summed E-state index contributed by atoms with van der Waals surface area (Å²) in [5, 5.41) is 7.16. The fraction of sp³-hybridized carbons (Fsp3) is 0.385. The number of pyridine rings is 1. The number of nitrogen functional groups attached to an aromatic ring is 1. The van der Waals surface area contributed by atoms with Gasteiger partial charge in [-0.15, -0.1) is 0 Å². The van der Waals surface area contributed by atoms with Crippen molar-refractivity contribution in [1.82, 2.24) is 15.2 Å². The number of H-pyrrole nitrogens is 1. The number of nitrogens with zero attached hydrogens (tertiary/aromatic N) is 2. The number of anilines is 1. The molecule has 17 heavy (non-hydrogen) atoms. The third-order valence-electron chi connectivity index (χ3n) is 3.09. The number of rotatable bonds is 4. The maximum absolute atomic E-state index is 5.93. The highest BCUT2D eigenvalue weighted by atomic mass is 15.2. The summed E-state index contributed by atoms with van der Waals surface area (Å²) in [5.41, 5.74) is 9.14. The highest BCUT2D eigenvalue weighted by molar-refractivity contribution is 5.75. The fourth-order valence-electron chi connectivity index (χ4n) is 1.88. The predicted octanol–water partition coefficient (Wildman–Crippen LogP) is 2.64. The van der Waals surface area contributed by atoms with E-state index in [4.69, 9.17) is 5.73 Å². The van der Waals surface area contributed by atoms with Crippen LogP contribution in [0, 0.1) is 5.92 Å². The van der Waals surface area contributed by atoms with E-state index in [0.29, 0.717) is 11.7 Å². The maximum atomic E-state index is 5.93. The van der Waals surface area contributed by atoms with Gasteiger partial charge in [0, 0.05) is 23.7 Å². The molecule has 2 aromatic heterocycles. The zero-order chi connectivity index (χ0) is 12.3. The molecular weight excluding hydrogens is 212 g/mol. The van der Waals surface area contributed by atoms with Crippen molar-refractivity contribution >= 4 is 5.82 Å². The van der Waals surface area contributed by atoms with Gasteiger partial charge in [0.05, 0.1) is 0 Å². The molecule has 0 radical (unpaired) electrons. The van der Waals surface area contributed by atoms with Crippen molar-refractivity contribution in [1.29, 1.82) is 0 Å². The van der Waals surface area contributed by atoms with Crippen LogP contribution in [0.2, 0.25) is 0 Å². The summed E-state index contributed by atoms with van der Waals surface area (Å²) in [5.74, 6) is 1.19. The predicted molar refractivity (Wildman–Crippen MR) is 69.4 cm³/mol. The molecule has 0 aliphatic heterocycles. The van der Waals surface area contributed by atoms with Crippen LogP contribution < -0.4 is 5.73 Å². The Labute approximate surface area is 101 Å². The third kappa shape index (κ3) is 2.46. The molecule has 0 saturated carbocycles. The van der Waals surface area contributed by atoms with E-state index in [1.54, 1.807) is 12.4 Å². The zero-order valence-corrected chi connectivity index (χ0v) is 10.3. The van der Waals surface area contributed by atoms with Crippen molar-refractivity contribution in [2.45, 2.75) is 26.7 Å². The first-order chi connectivity index (χ1) is 8.22. The molecule has 4 nitrogen and oxygen atoms in total. The molecule has 0 aliphatic rings. The molecule has 1 atom stereocenters. The SMILES string of the molecule is CCC(C)Cc1[nH]nc(N)c1-c1ccncc1. The van der Waals surface area contributed by atoms with E-state index >= 15 is 0 Å². The van der Waals surface area contributed by atoms with Crippen LogP contribution in [0.5, 0.6) is 0 Å². The lowest BCUT2D eigenvalue weighted by Gasteiger charge is -2.08. The largest absolute Gasteiger partial charge is 0.382 e. The molecule has 0 aromatic carbocycles. The molecule has 2 aromatic rings. The van der Waals surface area contributed by atoms with Crippen LogP contribution in [0.1, 0.15) is 26.0 Å². The Hall–Kier alpha value is -1.84. The average Bonchev–Trinajstić information content (AvgIpc) is 2.71. The Bertz CT molecular complexity index is 475. The minimum absolute atomic E-state index is 0.564. The minimum Gasteiger partial charge on any atom is -0.382 e. The van der Waals surface area contributed by atoms with Crippen LogP contribution in [0.25, 0.3) is 11.1 Å². The van der Waals surface area contributed by atoms with E-state index in [1.807, 2.05) is 12.1 Å². The lowest BCUT2D eigenvalue weighted by Crippen LogP contribution is -2.00. The maximum Gasteiger partial charge on any atom is 0.153 e. The van der Waals surface area contributed by atoms with Crippen LogP contribution in [0.15, 0.2) is 24.5 Å². The lowest BCUT2D eigenvalue weighted by molar-refractivity contribution is 0.552. The van der Waals surface area contributed by atoms with Crippen LogP contribution in [0.3, 0.4) is 0 Å². The molecule has 2 heterocycles. The van der Waals surface area contributed by atoms with Crippen LogP contribution in [0.4, 0.5) is 5.82 Å². The first kappa shape index (κ1) is 11.6. The number of hydrogen-bond donors (Lipinski definition) is 2. The summed E-state index contributed by atoms with van der Waals surface area (Å²) in [6, 6.07) is 3.92. The Morgan fingerprint density at radius 1 is 1.35 bits per heavy atom.